The SMILES string of the molecule is CNc1cccc(NOCCO)c1. The molecule has 0 unspecified atom stereocenters. The van der Waals surface area contributed by atoms with Gasteiger partial charge < -0.3 is 10.4 Å². The van der Waals surface area contributed by atoms with Gasteiger partial charge in [-0.15, -0.1) is 0 Å². The van der Waals surface area contributed by atoms with E-state index in [1.165, 1.54) is 0 Å². The molecule has 0 aromatic heterocycles. The largest absolute Gasteiger partial charge is 0.394 e. The summed E-state index contributed by atoms with van der Waals surface area (Å²) in [5.41, 5.74) is 4.59. The zero-order valence-corrected chi connectivity index (χ0v) is 7.58. The third-order valence-electron chi connectivity index (χ3n) is 1.53. The van der Waals surface area contributed by atoms with Crippen molar-refractivity contribution in [1.82, 2.24) is 0 Å². The first-order chi connectivity index (χ1) is 6.36. The number of anilines is 2. The van der Waals surface area contributed by atoms with Crippen molar-refractivity contribution in [3.8, 4) is 0 Å². The van der Waals surface area contributed by atoms with Gasteiger partial charge in [-0.1, -0.05) is 6.07 Å². The van der Waals surface area contributed by atoms with Crippen LogP contribution in [0.2, 0.25) is 0 Å². The van der Waals surface area contributed by atoms with Crippen LogP contribution >= 0.6 is 0 Å². The van der Waals surface area contributed by atoms with Crippen molar-refractivity contribution in [2.45, 2.75) is 0 Å². The lowest BCUT2D eigenvalue weighted by atomic mass is 10.3. The normalized spacial score (nSPS) is 9.69. The molecule has 0 fully saturated rings. The molecule has 1 aromatic rings. The second-order valence-electron chi connectivity index (χ2n) is 2.50. The van der Waals surface area contributed by atoms with Crippen LogP contribution in [0.1, 0.15) is 0 Å². The van der Waals surface area contributed by atoms with E-state index in [2.05, 4.69) is 10.8 Å². The Kier molecular flexibility index (Phi) is 4.08. The Hall–Kier alpha value is -1.26. The van der Waals surface area contributed by atoms with Crippen LogP contribution in [-0.4, -0.2) is 25.4 Å². The van der Waals surface area contributed by atoms with Gasteiger partial charge in [-0.05, 0) is 18.2 Å². The maximum Gasteiger partial charge on any atom is 0.0976 e. The predicted octanol–water partition coefficient (Wildman–Crippen LogP) is 1.06. The van der Waals surface area contributed by atoms with Gasteiger partial charge in [-0.3, -0.25) is 10.3 Å². The van der Waals surface area contributed by atoms with Crippen LogP contribution in [0.3, 0.4) is 0 Å². The highest BCUT2D eigenvalue weighted by Crippen LogP contribution is 2.13. The molecule has 3 N–H and O–H groups in total. The molecule has 0 atom stereocenters. The number of aliphatic hydroxyl groups excluding tert-OH is 1. The third-order valence-corrected chi connectivity index (χ3v) is 1.53. The highest BCUT2D eigenvalue weighted by Gasteiger charge is 1.92. The smallest absolute Gasteiger partial charge is 0.0976 e. The Morgan fingerprint density at radius 3 is 2.85 bits per heavy atom. The van der Waals surface area contributed by atoms with Crippen molar-refractivity contribution in [2.75, 3.05) is 31.1 Å². The van der Waals surface area contributed by atoms with Gasteiger partial charge in [-0.25, -0.2) is 0 Å². The Bertz CT molecular complexity index is 253. The molecule has 0 saturated heterocycles. The lowest BCUT2D eigenvalue weighted by molar-refractivity contribution is 0.133. The summed E-state index contributed by atoms with van der Waals surface area (Å²) in [6, 6.07) is 7.67. The summed E-state index contributed by atoms with van der Waals surface area (Å²) in [5.74, 6) is 0. The molecule has 0 radical (unpaired) electrons. The molecule has 0 aliphatic carbocycles. The summed E-state index contributed by atoms with van der Waals surface area (Å²) in [7, 11) is 1.85. The quantitative estimate of drug-likeness (QED) is 0.471. The van der Waals surface area contributed by atoms with Crippen LogP contribution in [0, 0.1) is 0 Å². The van der Waals surface area contributed by atoms with E-state index >= 15 is 0 Å². The van der Waals surface area contributed by atoms with Crippen molar-refractivity contribution < 1.29 is 9.94 Å². The molecule has 1 rings (SSSR count). The third kappa shape index (κ3) is 3.31. The van der Waals surface area contributed by atoms with Gasteiger partial charge in [0.25, 0.3) is 0 Å². The molecule has 0 heterocycles. The Labute approximate surface area is 77.5 Å². The molecule has 0 aliphatic heterocycles. The van der Waals surface area contributed by atoms with Gasteiger partial charge in [0.1, 0.15) is 0 Å². The number of aliphatic hydroxyl groups is 1. The van der Waals surface area contributed by atoms with Gasteiger partial charge in [0.2, 0.25) is 0 Å². The number of benzene rings is 1. The zero-order valence-electron chi connectivity index (χ0n) is 7.58. The zero-order chi connectivity index (χ0) is 9.52. The van der Waals surface area contributed by atoms with Gasteiger partial charge in [0.05, 0.1) is 18.9 Å². The van der Waals surface area contributed by atoms with Crippen molar-refractivity contribution >= 4 is 11.4 Å². The van der Waals surface area contributed by atoms with E-state index < -0.39 is 0 Å². The van der Waals surface area contributed by atoms with Crippen LogP contribution in [0.15, 0.2) is 24.3 Å². The maximum atomic E-state index is 8.47. The number of rotatable bonds is 5. The molecule has 4 heteroatoms. The number of hydrogen-bond donors (Lipinski definition) is 3. The minimum atomic E-state index is 0.0126. The van der Waals surface area contributed by atoms with Crippen molar-refractivity contribution in [3.05, 3.63) is 24.3 Å². The standard InChI is InChI=1S/C9H14N2O2/c1-10-8-3-2-4-9(7-8)11-13-6-5-12/h2-4,7,10-12H,5-6H2,1H3. The van der Waals surface area contributed by atoms with E-state index in [1.807, 2.05) is 31.3 Å². The van der Waals surface area contributed by atoms with E-state index in [-0.39, 0.29) is 13.2 Å². The van der Waals surface area contributed by atoms with Crippen molar-refractivity contribution in [3.63, 3.8) is 0 Å². The molecule has 13 heavy (non-hydrogen) atoms. The van der Waals surface area contributed by atoms with E-state index in [4.69, 9.17) is 9.94 Å². The predicted molar refractivity (Wildman–Crippen MR) is 52.6 cm³/mol. The van der Waals surface area contributed by atoms with E-state index in [0.29, 0.717) is 0 Å². The van der Waals surface area contributed by atoms with Gasteiger partial charge >= 0.3 is 0 Å². The van der Waals surface area contributed by atoms with Crippen LogP contribution in [0.5, 0.6) is 0 Å². The van der Waals surface area contributed by atoms with Crippen LogP contribution in [0.25, 0.3) is 0 Å². The minimum absolute atomic E-state index is 0.0126. The fourth-order valence-electron chi connectivity index (χ4n) is 0.918. The van der Waals surface area contributed by atoms with E-state index in [1.54, 1.807) is 0 Å². The summed E-state index contributed by atoms with van der Waals surface area (Å²) < 4.78 is 0. The number of nitrogens with one attached hydrogen (secondary N) is 2. The average molecular weight is 182 g/mol. The fourth-order valence-corrected chi connectivity index (χ4v) is 0.918. The summed E-state index contributed by atoms with van der Waals surface area (Å²) in [6.07, 6.45) is 0. The van der Waals surface area contributed by atoms with Gasteiger partial charge in [-0.2, -0.15) is 0 Å². The molecule has 0 bridgehead atoms. The molecular weight excluding hydrogens is 168 g/mol. The Balaban J connectivity index is 2.46. The fraction of sp³-hybridized carbons (Fsp3) is 0.333. The molecule has 0 saturated carbocycles. The van der Waals surface area contributed by atoms with Crippen LogP contribution in [-0.2, 0) is 4.84 Å². The van der Waals surface area contributed by atoms with Gasteiger partial charge in [0, 0.05) is 12.7 Å². The second kappa shape index (κ2) is 5.40. The summed E-state index contributed by atoms with van der Waals surface area (Å²) in [4.78, 5) is 4.94. The summed E-state index contributed by atoms with van der Waals surface area (Å²) in [5, 5.41) is 11.5. The summed E-state index contributed by atoms with van der Waals surface area (Å²) >= 11 is 0. The first-order valence-corrected chi connectivity index (χ1v) is 4.13. The topological polar surface area (TPSA) is 53.5 Å². The first-order valence-electron chi connectivity index (χ1n) is 4.13. The molecular formula is C9H14N2O2. The second-order valence-corrected chi connectivity index (χ2v) is 2.50. The monoisotopic (exact) mass is 182 g/mol. The highest BCUT2D eigenvalue weighted by molar-refractivity contribution is 5.55. The van der Waals surface area contributed by atoms with Crippen molar-refractivity contribution in [2.24, 2.45) is 0 Å². The number of hydrogen-bond acceptors (Lipinski definition) is 4. The Morgan fingerprint density at radius 1 is 1.38 bits per heavy atom. The molecule has 1 aromatic carbocycles. The van der Waals surface area contributed by atoms with Crippen molar-refractivity contribution in [1.29, 1.82) is 0 Å². The lowest BCUT2D eigenvalue weighted by Crippen LogP contribution is -2.05. The summed E-state index contributed by atoms with van der Waals surface area (Å²) in [6.45, 7) is 0.294. The minimum Gasteiger partial charge on any atom is -0.394 e. The van der Waals surface area contributed by atoms with Gasteiger partial charge in [0.15, 0.2) is 0 Å². The lowest BCUT2D eigenvalue weighted by Gasteiger charge is -2.07. The van der Waals surface area contributed by atoms with E-state index in [0.717, 1.165) is 11.4 Å². The molecule has 4 nitrogen and oxygen atoms in total. The van der Waals surface area contributed by atoms with E-state index in [9.17, 15) is 0 Å². The van der Waals surface area contributed by atoms with Crippen LogP contribution < -0.4 is 10.8 Å². The van der Waals surface area contributed by atoms with Crippen LogP contribution in [0.4, 0.5) is 11.4 Å². The highest BCUT2D eigenvalue weighted by atomic mass is 16.6. The molecule has 0 aliphatic rings. The molecule has 0 amide bonds. The Morgan fingerprint density at radius 2 is 2.15 bits per heavy atom. The average Bonchev–Trinajstić information content (AvgIpc) is 2.19. The molecule has 0 spiro atoms. The first kappa shape index (κ1) is 9.83. The molecule has 72 valence electrons. The maximum absolute atomic E-state index is 8.47.